The lowest BCUT2D eigenvalue weighted by atomic mass is 10.2. The summed E-state index contributed by atoms with van der Waals surface area (Å²) in [5, 5.41) is 2.99. The third-order valence-corrected chi connectivity index (χ3v) is 4.69. The lowest BCUT2D eigenvalue weighted by Crippen LogP contribution is -2.50. The van der Waals surface area contributed by atoms with E-state index in [1.54, 1.807) is 0 Å². The van der Waals surface area contributed by atoms with Crippen LogP contribution in [-0.4, -0.2) is 48.1 Å². The molecule has 20 heavy (non-hydrogen) atoms. The van der Waals surface area contributed by atoms with E-state index >= 15 is 0 Å². The minimum atomic E-state index is 0.00463. The van der Waals surface area contributed by atoms with E-state index in [-0.39, 0.29) is 6.03 Å². The molecular formula is C15H20BrN3O. The van der Waals surface area contributed by atoms with Gasteiger partial charge in [0.15, 0.2) is 0 Å². The average molecular weight is 338 g/mol. The molecule has 0 aromatic heterocycles. The normalized spacial score (nSPS) is 20.0. The van der Waals surface area contributed by atoms with E-state index < -0.39 is 0 Å². The van der Waals surface area contributed by atoms with Crippen LogP contribution in [0.15, 0.2) is 22.7 Å². The van der Waals surface area contributed by atoms with Crippen molar-refractivity contribution in [1.82, 2.24) is 9.80 Å². The maximum absolute atomic E-state index is 12.3. The summed E-state index contributed by atoms with van der Waals surface area (Å²) >= 11 is 3.50. The molecule has 1 heterocycles. The quantitative estimate of drug-likeness (QED) is 0.900. The van der Waals surface area contributed by atoms with Crippen LogP contribution in [0.2, 0.25) is 0 Å². The number of nitrogens with one attached hydrogen (secondary N) is 1. The van der Waals surface area contributed by atoms with Crippen molar-refractivity contribution in [2.75, 3.05) is 31.5 Å². The molecule has 2 amide bonds. The largest absolute Gasteiger partial charge is 0.322 e. The number of nitrogens with zero attached hydrogens (tertiary/aromatic N) is 2. The van der Waals surface area contributed by atoms with Crippen LogP contribution in [0, 0.1) is 6.92 Å². The van der Waals surface area contributed by atoms with Crippen LogP contribution in [0.4, 0.5) is 10.5 Å². The van der Waals surface area contributed by atoms with Crippen molar-refractivity contribution in [2.24, 2.45) is 0 Å². The second-order valence-corrected chi connectivity index (χ2v) is 6.52. The first kappa shape index (κ1) is 13.9. The topological polar surface area (TPSA) is 35.6 Å². The molecule has 0 bridgehead atoms. The van der Waals surface area contributed by atoms with E-state index in [0.29, 0.717) is 0 Å². The monoisotopic (exact) mass is 337 g/mol. The van der Waals surface area contributed by atoms with Gasteiger partial charge in [0.1, 0.15) is 0 Å². The van der Waals surface area contributed by atoms with Crippen LogP contribution >= 0.6 is 15.9 Å². The Kier molecular flexibility index (Phi) is 3.98. The molecule has 0 spiro atoms. The number of urea groups is 1. The van der Waals surface area contributed by atoms with E-state index in [1.165, 1.54) is 18.4 Å². The van der Waals surface area contributed by atoms with Gasteiger partial charge in [-0.25, -0.2) is 4.79 Å². The molecule has 2 aliphatic rings. The number of anilines is 1. The first-order chi connectivity index (χ1) is 9.63. The van der Waals surface area contributed by atoms with Crippen molar-refractivity contribution < 1.29 is 4.79 Å². The van der Waals surface area contributed by atoms with E-state index in [9.17, 15) is 4.79 Å². The van der Waals surface area contributed by atoms with Gasteiger partial charge in [0.2, 0.25) is 0 Å². The summed E-state index contributed by atoms with van der Waals surface area (Å²) < 4.78 is 0.933. The fourth-order valence-corrected chi connectivity index (χ4v) is 3.24. The van der Waals surface area contributed by atoms with Crippen LogP contribution in [0.5, 0.6) is 0 Å². The van der Waals surface area contributed by atoms with Crippen LogP contribution in [-0.2, 0) is 0 Å². The summed E-state index contributed by atoms with van der Waals surface area (Å²) in [7, 11) is 0. The Morgan fingerprint density at radius 1 is 1.25 bits per heavy atom. The lowest BCUT2D eigenvalue weighted by Gasteiger charge is -2.34. The van der Waals surface area contributed by atoms with Gasteiger partial charge >= 0.3 is 6.03 Å². The Hall–Kier alpha value is -1.07. The number of rotatable bonds is 2. The van der Waals surface area contributed by atoms with E-state index in [1.807, 2.05) is 30.0 Å². The van der Waals surface area contributed by atoms with Crippen LogP contribution < -0.4 is 5.32 Å². The molecule has 2 fully saturated rings. The van der Waals surface area contributed by atoms with Crippen molar-refractivity contribution in [3.05, 3.63) is 28.2 Å². The number of amides is 2. The second-order valence-electron chi connectivity index (χ2n) is 5.67. The van der Waals surface area contributed by atoms with Gasteiger partial charge in [-0.1, -0.05) is 6.07 Å². The smallest absolute Gasteiger partial charge is 0.321 e. The predicted octanol–water partition coefficient (Wildman–Crippen LogP) is 3.07. The number of aryl methyl sites for hydroxylation is 1. The van der Waals surface area contributed by atoms with Crippen LogP contribution in [0.3, 0.4) is 0 Å². The molecule has 1 aliphatic carbocycles. The third-order valence-electron chi connectivity index (χ3n) is 4.03. The van der Waals surface area contributed by atoms with E-state index in [4.69, 9.17) is 0 Å². The van der Waals surface area contributed by atoms with Gasteiger partial charge in [0.25, 0.3) is 0 Å². The molecule has 1 saturated heterocycles. The van der Waals surface area contributed by atoms with Crippen molar-refractivity contribution >= 4 is 27.6 Å². The van der Waals surface area contributed by atoms with Gasteiger partial charge < -0.3 is 10.2 Å². The number of halogens is 1. The Morgan fingerprint density at radius 3 is 2.55 bits per heavy atom. The maximum Gasteiger partial charge on any atom is 0.321 e. The fraction of sp³-hybridized carbons (Fsp3) is 0.533. The Labute approximate surface area is 128 Å². The molecule has 108 valence electrons. The first-order valence-corrected chi connectivity index (χ1v) is 7.99. The van der Waals surface area contributed by atoms with Gasteiger partial charge in [0.05, 0.1) is 5.69 Å². The highest BCUT2D eigenvalue weighted by Crippen LogP contribution is 2.28. The van der Waals surface area contributed by atoms with Gasteiger partial charge in [0, 0.05) is 36.7 Å². The molecule has 1 N–H and O–H groups in total. The Bertz CT molecular complexity index is 508. The summed E-state index contributed by atoms with van der Waals surface area (Å²) in [6, 6.07) is 6.76. The summed E-state index contributed by atoms with van der Waals surface area (Å²) in [5.41, 5.74) is 2.01. The highest BCUT2D eigenvalue weighted by molar-refractivity contribution is 9.10. The molecule has 4 nitrogen and oxygen atoms in total. The van der Waals surface area contributed by atoms with Gasteiger partial charge in [-0.3, -0.25) is 4.90 Å². The number of carbonyl (C=O) groups is 1. The minimum Gasteiger partial charge on any atom is -0.322 e. The number of carbonyl (C=O) groups excluding carboxylic acids is 1. The zero-order valence-corrected chi connectivity index (χ0v) is 13.3. The summed E-state index contributed by atoms with van der Waals surface area (Å²) in [5.74, 6) is 0. The van der Waals surface area contributed by atoms with Crippen LogP contribution in [0.1, 0.15) is 18.4 Å². The van der Waals surface area contributed by atoms with Crippen molar-refractivity contribution in [2.45, 2.75) is 25.8 Å². The summed E-state index contributed by atoms with van der Waals surface area (Å²) in [4.78, 5) is 16.7. The molecule has 0 atom stereocenters. The summed E-state index contributed by atoms with van der Waals surface area (Å²) in [6.07, 6.45) is 2.67. The zero-order valence-electron chi connectivity index (χ0n) is 11.7. The maximum atomic E-state index is 12.3. The number of piperazine rings is 1. The van der Waals surface area contributed by atoms with E-state index in [0.717, 1.165) is 42.4 Å². The predicted molar refractivity (Wildman–Crippen MR) is 84.1 cm³/mol. The fourth-order valence-electron chi connectivity index (χ4n) is 2.65. The van der Waals surface area contributed by atoms with Gasteiger partial charge in [-0.15, -0.1) is 0 Å². The van der Waals surface area contributed by atoms with E-state index in [2.05, 4.69) is 26.1 Å². The van der Waals surface area contributed by atoms with Crippen molar-refractivity contribution in [1.29, 1.82) is 0 Å². The number of benzene rings is 1. The highest BCUT2D eigenvalue weighted by Gasteiger charge is 2.32. The second kappa shape index (κ2) is 5.74. The molecule has 3 rings (SSSR count). The van der Waals surface area contributed by atoms with Crippen LogP contribution in [0.25, 0.3) is 0 Å². The molecule has 1 aromatic rings. The molecule has 5 heteroatoms. The standard InChI is InChI=1S/C15H20BrN3O/c1-11-2-5-14(13(16)10-11)17-15(20)19-8-6-18(7-9-19)12-3-4-12/h2,5,10,12H,3-4,6-9H2,1H3,(H,17,20). The molecular weight excluding hydrogens is 318 g/mol. The molecule has 0 radical (unpaired) electrons. The molecule has 1 aromatic carbocycles. The summed E-state index contributed by atoms with van der Waals surface area (Å²) in [6.45, 7) is 5.70. The first-order valence-electron chi connectivity index (χ1n) is 7.19. The van der Waals surface area contributed by atoms with Crippen molar-refractivity contribution in [3.8, 4) is 0 Å². The molecule has 1 aliphatic heterocycles. The lowest BCUT2D eigenvalue weighted by molar-refractivity contribution is 0.142. The molecule has 1 saturated carbocycles. The van der Waals surface area contributed by atoms with Crippen molar-refractivity contribution in [3.63, 3.8) is 0 Å². The highest BCUT2D eigenvalue weighted by atomic mass is 79.9. The molecule has 0 unspecified atom stereocenters. The van der Waals surface area contributed by atoms with Gasteiger partial charge in [-0.2, -0.15) is 0 Å². The Morgan fingerprint density at radius 2 is 1.95 bits per heavy atom. The third kappa shape index (κ3) is 3.15. The minimum absolute atomic E-state index is 0.00463. The zero-order chi connectivity index (χ0) is 14.1. The number of hydrogen-bond acceptors (Lipinski definition) is 2. The Balaban J connectivity index is 1.56. The average Bonchev–Trinajstić information content (AvgIpc) is 3.26. The number of hydrogen-bond donors (Lipinski definition) is 1. The SMILES string of the molecule is Cc1ccc(NC(=O)N2CCN(C3CC3)CC2)c(Br)c1. The van der Waals surface area contributed by atoms with Gasteiger partial charge in [-0.05, 0) is 53.4 Å².